The molecular formula is C16H20ClN3O2. The predicted octanol–water partition coefficient (Wildman–Crippen LogP) is 1.97. The SMILES string of the molecule is C[C@@H]1CN2CCC[C@H]2CN1C(=O)C(=O)Nc1cccc(Cl)c1. The van der Waals surface area contributed by atoms with Crippen molar-refractivity contribution < 1.29 is 9.59 Å². The quantitative estimate of drug-likeness (QED) is 0.805. The number of nitrogens with zero attached hydrogens (tertiary/aromatic N) is 2. The number of benzene rings is 1. The molecule has 22 heavy (non-hydrogen) atoms. The molecule has 6 heteroatoms. The number of fused-ring (bicyclic) bond motifs is 1. The molecule has 0 spiro atoms. The van der Waals surface area contributed by atoms with Crippen LogP contribution in [0.25, 0.3) is 0 Å². The van der Waals surface area contributed by atoms with Crippen LogP contribution in [0, 0.1) is 0 Å². The lowest BCUT2D eigenvalue weighted by Gasteiger charge is -2.41. The minimum Gasteiger partial charge on any atom is -0.329 e. The second-order valence-corrected chi connectivity index (χ2v) is 6.50. The standard InChI is InChI=1S/C16H20ClN3O2/c1-11-9-19-7-3-6-14(19)10-20(11)16(22)15(21)18-13-5-2-4-12(17)8-13/h2,4-5,8,11,14H,3,6-7,9-10H2,1H3,(H,18,21)/t11-,14+/m1/s1. The first-order chi connectivity index (χ1) is 10.5. The Morgan fingerprint density at radius 1 is 1.32 bits per heavy atom. The average molecular weight is 322 g/mol. The molecule has 1 aromatic rings. The van der Waals surface area contributed by atoms with Crippen LogP contribution in [-0.4, -0.2) is 53.3 Å². The van der Waals surface area contributed by atoms with Crippen LogP contribution in [0.1, 0.15) is 19.8 Å². The summed E-state index contributed by atoms with van der Waals surface area (Å²) in [6, 6.07) is 7.27. The number of hydrogen-bond donors (Lipinski definition) is 1. The fourth-order valence-electron chi connectivity index (χ4n) is 3.35. The topological polar surface area (TPSA) is 52.7 Å². The lowest BCUT2D eigenvalue weighted by atomic mass is 10.1. The Morgan fingerprint density at radius 3 is 2.91 bits per heavy atom. The summed E-state index contributed by atoms with van der Waals surface area (Å²) in [6.07, 6.45) is 2.28. The first-order valence-corrected chi connectivity index (χ1v) is 8.04. The number of halogens is 1. The van der Waals surface area contributed by atoms with Gasteiger partial charge in [-0.3, -0.25) is 14.5 Å². The molecule has 118 valence electrons. The van der Waals surface area contributed by atoms with E-state index in [1.54, 1.807) is 29.2 Å². The molecule has 0 bridgehead atoms. The van der Waals surface area contributed by atoms with Crippen LogP contribution in [0.5, 0.6) is 0 Å². The molecule has 3 rings (SSSR count). The maximum Gasteiger partial charge on any atom is 0.313 e. The largest absolute Gasteiger partial charge is 0.329 e. The van der Waals surface area contributed by atoms with E-state index in [0.717, 1.165) is 19.5 Å². The number of piperazine rings is 1. The highest BCUT2D eigenvalue weighted by Crippen LogP contribution is 2.24. The number of amides is 2. The summed E-state index contributed by atoms with van der Waals surface area (Å²) in [4.78, 5) is 28.8. The Balaban J connectivity index is 1.66. The van der Waals surface area contributed by atoms with Gasteiger partial charge in [0.05, 0.1) is 0 Å². The molecule has 1 N–H and O–H groups in total. The van der Waals surface area contributed by atoms with E-state index in [0.29, 0.717) is 23.3 Å². The molecule has 0 saturated carbocycles. The first-order valence-electron chi connectivity index (χ1n) is 7.66. The molecule has 2 aliphatic heterocycles. The zero-order valence-corrected chi connectivity index (χ0v) is 13.3. The maximum atomic E-state index is 12.4. The lowest BCUT2D eigenvalue weighted by Crippen LogP contribution is -2.58. The van der Waals surface area contributed by atoms with Crippen molar-refractivity contribution in [1.82, 2.24) is 9.80 Å². The van der Waals surface area contributed by atoms with E-state index in [1.165, 1.54) is 6.42 Å². The van der Waals surface area contributed by atoms with Crippen molar-refractivity contribution in [3.8, 4) is 0 Å². The lowest BCUT2D eigenvalue weighted by molar-refractivity contribution is -0.147. The average Bonchev–Trinajstić information content (AvgIpc) is 2.92. The van der Waals surface area contributed by atoms with Crippen LogP contribution < -0.4 is 5.32 Å². The number of hydrogen-bond acceptors (Lipinski definition) is 3. The molecule has 0 unspecified atom stereocenters. The van der Waals surface area contributed by atoms with E-state index < -0.39 is 11.8 Å². The predicted molar refractivity (Wildman–Crippen MR) is 85.9 cm³/mol. The van der Waals surface area contributed by atoms with Gasteiger partial charge in [-0.25, -0.2) is 0 Å². The van der Waals surface area contributed by atoms with Crippen molar-refractivity contribution >= 4 is 29.1 Å². The summed E-state index contributed by atoms with van der Waals surface area (Å²) in [5.74, 6) is -1.06. The Hall–Kier alpha value is -1.59. The second kappa shape index (κ2) is 6.26. The van der Waals surface area contributed by atoms with Gasteiger partial charge in [-0.15, -0.1) is 0 Å². The van der Waals surface area contributed by atoms with Crippen molar-refractivity contribution in [2.45, 2.75) is 31.8 Å². The number of rotatable bonds is 1. The zero-order chi connectivity index (χ0) is 15.7. The first kappa shape index (κ1) is 15.3. The normalized spacial score (nSPS) is 24.9. The van der Waals surface area contributed by atoms with Crippen LogP contribution in [0.4, 0.5) is 5.69 Å². The van der Waals surface area contributed by atoms with Gasteiger partial charge in [-0.05, 0) is 44.5 Å². The van der Waals surface area contributed by atoms with Gasteiger partial charge in [-0.1, -0.05) is 17.7 Å². The van der Waals surface area contributed by atoms with Crippen molar-refractivity contribution in [1.29, 1.82) is 0 Å². The highest BCUT2D eigenvalue weighted by atomic mass is 35.5. The summed E-state index contributed by atoms with van der Waals surface area (Å²) in [5, 5.41) is 3.16. The molecule has 1 aromatic carbocycles. The molecule has 2 aliphatic rings. The summed E-state index contributed by atoms with van der Waals surface area (Å²) < 4.78 is 0. The molecule has 2 amide bonds. The molecule has 5 nitrogen and oxygen atoms in total. The van der Waals surface area contributed by atoms with Gasteiger partial charge in [-0.2, -0.15) is 0 Å². The molecular weight excluding hydrogens is 302 g/mol. The number of anilines is 1. The third-order valence-corrected chi connectivity index (χ3v) is 4.71. The van der Waals surface area contributed by atoms with E-state index >= 15 is 0 Å². The van der Waals surface area contributed by atoms with Crippen LogP contribution in [0.3, 0.4) is 0 Å². The maximum absolute atomic E-state index is 12.4. The number of carbonyl (C=O) groups is 2. The summed E-state index contributed by atoms with van der Waals surface area (Å²) in [5.41, 5.74) is 0.540. The minimum absolute atomic E-state index is 0.0620. The Labute approximate surface area is 135 Å². The van der Waals surface area contributed by atoms with Crippen molar-refractivity contribution in [2.75, 3.05) is 25.0 Å². The van der Waals surface area contributed by atoms with E-state index in [-0.39, 0.29) is 6.04 Å². The molecule has 0 aliphatic carbocycles. The van der Waals surface area contributed by atoms with Gasteiger partial charge < -0.3 is 10.2 Å². The fourth-order valence-corrected chi connectivity index (χ4v) is 3.54. The van der Waals surface area contributed by atoms with E-state index in [9.17, 15) is 9.59 Å². The van der Waals surface area contributed by atoms with Crippen molar-refractivity contribution in [2.24, 2.45) is 0 Å². The van der Waals surface area contributed by atoms with E-state index in [2.05, 4.69) is 10.2 Å². The van der Waals surface area contributed by atoms with Gasteiger partial charge in [0.25, 0.3) is 0 Å². The molecule has 0 aromatic heterocycles. The van der Waals surface area contributed by atoms with Crippen LogP contribution >= 0.6 is 11.6 Å². The Morgan fingerprint density at radius 2 is 2.14 bits per heavy atom. The molecule has 2 fully saturated rings. The zero-order valence-electron chi connectivity index (χ0n) is 12.6. The van der Waals surface area contributed by atoms with Crippen LogP contribution in [0.2, 0.25) is 5.02 Å². The number of carbonyl (C=O) groups excluding carboxylic acids is 2. The third kappa shape index (κ3) is 3.10. The third-order valence-electron chi connectivity index (χ3n) is 4.47. The van der Waals surface area contributed by atoms with E-state index in [1.807, 2.05) is 6.92 Å². The van der Waals surface area contributed by atoms with Gasteiger partial charge in [0.15, 0.2) is 0 Å². The summed E-state index contributed by atoms with van der Waals surface area (Å²) in [6.45, 7) is 4.59. The van der Waals surface area contributed by atoms with Gasteiger partial charge in [0.2, 0.25) is 0 Å². The highest BCUT2D eigenvalue weighted by molar-refractivity contribution is 6.39. The molecule has 0 radical (unpaired) electrons. The Kier molecular flexibility index (Phi) is 4.36. The van der Waals surface area contributed by atoms with Gasteiger partial charge in [0.1, 0.15) is 0 Å². The van der Waals surface area contributed by atoms with Crippen molar-refractivity contribution in [3.63, 3.8) is 0 Å². The van der Waals surface area contributed by atoms with Gasteiger partial charge in [0, 0.05) is 35.9 Å². The molecule has 2 saturated heterocycles. The smallest absolute Gasteiger partial charge is 0.313 e. The monoisotopic (exact) mass is 321 g/mol. The number of nitrogens with one attached hydrogen (secondary N) is 1. The second-order valence-electron chi connectivity index (χ2n) is 6.06. The molecule has 2 heterocycles. The fraction of sp³-hybridized carbons (Fsp3) is 0.500. The van der Waals surface area contributed by atoms with Crippen molar-refractivity contribution in [3.05, 3.63) is 29.3 Å². The van der Waals surface area contributed by atoms with Crippen LogP contribution in [0.15, 0.2) is 24.3 Å². The molecule has 2 atom stereocenters. The van der Waals surface area contributed by atoms with Crippen LogP contribution in [-0.2, 0) is 9.59 Å². The van der Waals surface area contributed by atoms with E-state index in [4.69, 9.17) is 11.6 Å². The highest BCUT2D eigenvalue weighted by Gasteiger charge is 2.38. The summed E-state index contributed by atoms with van der Waals surface area (Å²) >= 11 is 5.89. The Bertz CT molecular complexity index is 593. The van der Waals surface area contributed by atoms with Gasteiger partial charge >= 0.3 is 11.8 Å². The summed E-state index contributed by atoms with van der Waals surface area (Å²) in [7, 11) is 0. The minimum atomic E-state index is -0.597.